The van der Waals surface area contributed by atoms with Crippen molar-refractivity contribution >= 4 is 11.8 Å². The maximum absolute atomic E-state index is 11.6. The summed E-state index contributed by atoms with van der Waals surface area (Å²) in [7, 11) is 0. The van der Waals surface area contributed by atoms with Gasteiger partial charge in [-0.15, -0.1) is 0 Å². The summed E-state index contributed by atoms with van der Waals surface area (Å²) in [6.07, 6.45) is 0. The zero-order valence-electron chi connectivity index (χ0n) is 11.4. The molecule has 0 aliphatic rings. The lowest BCUT2D eigenvalue weighted by Gasteiger charge is -2.19. The molecule has 2 amide bonds. The molecule has 0 fully saturated rings. The lowest BCUT2D eigenvalue weighted by molar-refractivity contribution is -0.129. The van der Waals surface area contributed by atoms with Gasteiger partial charge in [-0.1, -0.05) is 27.7 Å². The Bertz CT molecular complexity index is 264. The second-order valence-electron chi connectivity index (χ2n) is 5.14. The number of rotatable bonds is 6. The van der Waals surface area contributed by atoms with Crippen LogP contribution in [0.4, 0.5) is 0 Å². The minimum Gasteiger partial charge on any atom is -0.354 e. The normalized spacial score (nSPS) is 14.6. The molecule has 0 aliphatic heterocycles. The van der Waals surface area contributed by atoms with Crippen molar-refractivity contribution in [2.24, 2.45) is 17.6 Å². The summed E-state index contributed by atoms with van der Waals surface area (Å²) < 4.78 is 0. The van der Waals surface area contributed by atoms with Crippen LogP contribution in [0, 0.1) is 11.8 Å². The maximum atomic E-state index is 11.6. The number of hydrogen-bond donors (Lipinski definition) is 3. The topological polar surface area (TPSA) is 84.2 Å². The van der Waals surface area contributed by atoms with E-state index in [0.717, 1.165) is 0 Å². The standard InChI is InChI=1S/C12H25N3O2/c1-7(2)6-14-11(16)9(5)15-12(17)10(13)8(3)4/h7-10H,6,13H2,1-5H3,(H,14,16)(H,15,17)/t9?,10-/m1/s1. The van der Waals surface area contributed by atoms with Gasteiger partial charge in [-0.25, -0.2) is 0 Å². The van der Waals surface area contributed by atoms with E-state index < -0.39 is 12.1 Å². The van der Waals surface area contributed by atoms with Crippen LogP contribution in [-0.4, -0.2) is 30.4 Å². The molecular formula is C12H25N3O2. The first-order valence-electron chi connectivity index (χ1n) is 6.09. The van der Waals surface area contributed by atoms with Crippen LogP contribution in [0.1, 0.15) is 34.6 Å². The molecule has 0 aromatic heterocycles. The summed E-state index contributed by atoms with van der Waals surface area (Å²) in [6, 6.07) is -1.12. The molecule has 1 unspecified atom stereocenters. The molecule has 0 rings (SSSR count). The van der Waals surface area contributed by atoms with Gasteiger partial charge in [0.15, 0.2) is 0 Å². The molecule has 0 spiro atoms. The highest BCUT2D eigenvalue weighted by atomic mass is 16.2. The fourth-order valence-electron chi connectivity index (χ4n) is 1.14. The lowest BCUT2D eigenvalue weighted by atomic mass is 10.0. The van der Waals surface area contributed by atoms with Gasteiger partial charge in [0.1, 0.15) is 6.04 Å². The summed E-state index contributed by atoms with van der Waals surface area (Å²) >= 11 is 0. The molecule has 0 radical (unpaired) electrons. The summed E-state index contributed by atoms with van der Waals surface area (Å²) in [5.41, 5.74) is 5.69. The first-order valence-corrected chi connectivity index (χ1v) is 6.09. The number of nitrogens with two attached hydrogens (primary N) is 1. The predicted octanol–water partition coefficient (Wildman–Crippen LogP) is 0.247. The number of hydrogen-bond acceptors (Lipinski definition) is 3. The number of carbonyl (C=O) groups is 2. The van der Waals surface area contributed by atoms with E-state index in [-0.39, 0.29) is 17.7 Å². The third-order valence-electron chi connectivity index (χ3n) is 2.46. The van der Waals surface area contributed by atoms with Crippen molar-refractivity contribution in [1.82, 2.24) is 10.6 Å². The van der Waals surface area contributed by atoms with E-state index in [1.807, 2.05) is 27.7 Å². The maximum Gasteiger partial charge on any atom is 0.242 e. The van der Waals surface area contributed by atoms with Gasteiger partial charge in [-0.2, -0.15) is 0 Å². The molecular weight excluding hydrogens is 218 g/mol. The average molecular weight is 243 g/mol. The highest BCUT2D eigenvalue weighted by molar-refractivity contribution is 5.89. The van der Waals surface area contributed by atoms with Crippen molar-refractivity contribution in [3.63, 3.8) is 0 Å². The SMILES string of the molecule is CC(C)CNC(=O)C(C)NC(=O)[C@H](N)C(C)C. The van der Waals surface area contributed by atoms with Gasteiger partial charge < -0.3 is 16.4 Å². The van der Waals surface area contributed by atoms with E-state index >= 15 is 0 Å². The van der Waals surface area contributed by atoms with Crippen LogP contribution in [0.2, 0.25) is 0 Å². The van der Waals surface area contributed by atoms with Gasteiger partial charge in [0, 0.05) is 6.54 Å². The van der Waals surface area contributed by atoms with Gasteiger partial charge in [0.05, 0.1) is 6.04 Å². The smallest absolute Gasteiger partial charge is 0.242 e. The van der Waals surface area contributed by atoms with Crippen LogP contribution in [-0.2, 0) is 9.59 Å². The van der Waals surface area contributed by atoms with E-state index in [2.05, 4.69) is 10.6 Å². The minimum atomic E-state index is -0.574. The minimum absolute atomic E-state index is 0.0564. The van der Waals surface area contributed by atoms with Crippen LogP contribution < -0.4 is 16.4 Å². The highest BCUT2D eigenvalue weighted by Gasteiger charge is 2.21. The first-order chi connectivity index (χ1) is 7.75. The van der Waals surface area contributed by atoms with Crippen LogP contribution in [0.3, 0.4) is 0 Å². The third-order valence-corrected chi connectivity index (χ3v) is 2.46. The third kappa shape index (κ3) is 6.26. The lowest BCUT2D eigenvalue weighted by Crippen LogP contribution is -2.52. The molecule has 0 aliphatic carbocycles. The average Bonchev–Trinajstić information content (AvgIpc) is 2.24. The Morgan fingerprint density at radius 2 is 1.59 bits per heavy atom. The largest absolute Gasteiger partial charge is 0.354 e. The molecule has 0 aromatic carbocycles. The Morgan fingerprint density at radius 1 is 1.06 bits per heavy atom. The Balaban J connectivity index is 4.11. The predicted molar refractivity (Wildman–Crippen MR) is 68.3 cm³/mol. The molecule has 17 heavy (non-hydrogen) atoms. The second kappa shape index (κ2) is 7.27. The molecule has 4 N–H and O–H groups in total. The fourth-order valence-corrected chi connectivity index (χ4v) is 1.14. The van der Waals surface area contributed by atoms with Crippen LogP contribution in [0.25, 0.3) is 0 Å². The molecule has 0 saturated heterocycles. The van der Waals surface area contributed by atoms with E-state index in [1.165, 1.54) is 0 Å². The van der Waals surface area contributed by atoms with E-state index in [4.69, 9.17) is 5.73 Å². The first kappa shape index (κ1) is 15.9. The molecule has 0 aromatic rings. The summed E-state index contributed by atoms with van der Waals surface area (Å²) in [5, 5.41) is 5.37. The Morgan fingerprint density at radius 3 is 2.00 bits per heavy atom. The van der Waals surface area contributed by atoms with Gasteiger partial charge in [-0.3, -0.25) is 9.59 Å². The van der Waals surface area contributed by atoms with Crippen molar-refractivity contribution in [2.75, 3.05) is 6.54 Å². The van der Waals surface area contributed by atoms with Gasteiger partial charge in [-0.05, 0) is 18.8 Å². The van der Waals surface area contributed by atoms with E-state index in [9.17, 15) is 9.59 Å². The molecule has 2 atom stereocenters. The summed E-state index contributed by atoms with van der Waals surface area (Å²) in [4.78, 5) is 23.2. The summed E-state index contributed by atoms with van der Waals surface area (Å²) in [6.45, 7) is 10.0. The zero-order chi connectivity index (χ0) is 13.6. The second-order valence-corrected chi connectivity index (χ2v) is 5.14. The monoisotopic (exact) mass is 243 g/mol. The molecule has 100 valence electrons. The Kier molecular flexibility index (Phi) is 6.80. The van der Waals surface area contributed by atoms with Crippen molar-refractivity contribution in [1.29, 1.82) is 0 Å². The number of amides is 2. The Labute approximate surface area is 104 Å². The quantitative estimate of drug-likeness (QED) is 0.625. The van der Waals surface area contributed by atoms with E-state index in [0.29, 0.717) is 12.5 Å². The van der Waals surface area contributed by atoms with Crippen LogP contribution in [0.5, 0.6) is 0 Å². The van der Waals surface area contributed by atoms with Gasteiger partial charge in [0.25, 0.3) is 0 Å². The van der Waals surface area contributed by atoms with Gasteiger partial charge >= 0.3 is 0 Å². The molecule has 0 heterocycles. The number of nitrogens with one attached hydrogen (secondary N) is 2. The Hall–Kier alpha value is -1.10. The van der Waals surface area contributed by atoms with Crippen molar-refractivity contribution in [3.8, 4) is 0 Å². The molecule has 0 bridgehead atoms. The van der Waals surface area contributed by atoms with Gasteiger partial charge in [0.2, 0.25) is 11.8 Å². The molecule has 5 heteroatoms. The number of carbonyl (C=O) groups excluding carboxylic acids is 2. The summed E-state index contributed by atoms with van der Waals surface area (Å²) in [5.74, 6) is -0.0177. The molecule has 0 saturated carbocycles. The molecule has 5 nitrogen and oxygen atoms in total. The van der Waals surface area contributed by atoms with Crippen molar-refractivity contribution in [3.05, 3.63) is 0 Å². The van der Waals surface area contributed by atoms with Crippen LogP contribution in [0.15, 0.2) is 0 Å². The van der Waals surface area contributed by atoms with Crippen LogP contribution >= 0.6 is 0 Å². The van der Waals surface area contributed by atoms with Crippen molar-refractivity contribution in [2.45, 2.75) is 46.7 Å². The van der Waals surface area contributed by atoms with E-state index in [1.54, 1.807) is 6.92 Å². The zero-order valence-corrected chi connectivity index (χ0v) is 11.4. The highest BCUT2D eigenvalue weighted by Crippen LogP contribution is 1.98. The fraction of sp³-hybridized carbons (Fsp3) is 0.833. The van der Waals surface area contributed by atoms with Crippen molar-refractivity contribution < 1.29 is 9.59 Å².